The van der Waals surface area contributed by atoms with Crippen LogP contribution in [0, 0.1) is 0 Å². The van der Waals surface area contributed by atoms with E-state index in [2.05, 4.69) is 90.9 Å². The Kier molecular flexibility index (Phi) is 8.71. The number of carbonyl (C=O) groups is 1. The first-order chi connectivity index (χ1) is 18.2. The minimum Gasteiger partial charge on any atom is -0.501 e. The first-order valence-corrected chi connectivity index (χ1v) is 12.1. The first kappa shape index (κ1) is 25.3. The quantitative estimate of drug-likeness (QED) is 0.0535. The molecular weight excluding hydrogens is 458 g/mol. The van der Waals surface area contributed by atoms with Crippen LogP contribution < -0.4 is 9.64 Å². The van der Waals surface area contributed by atoms with Gasteiger partial charge in [0.2, 0.25) is 0 Å². The van der Waals surface area contributed by atoms with Gasteiger partial charge in [-0.15, -0.1) is 0 Å². The van der Waals surface area contributed by atoms with Crippen molar-refractivity contribution >= 4 is 35.2 Å². The molecule has 0 unspecified atom stereocenters. The van der Waals surface area contributed by atoms with Gasteiger partial charge >= 0.3 is 5.97 Å². The highest BCUT2D eigenvalue weighted by Gasteiger charge is 2.13. The molecule has 0 spiro atoms. The minimum atomic E-state index is -0.486. The normalized spacial score (nSPS) is 10.6. The SMILES string of the molecule is C=COCCc1ccc(N(c2ccc(C=Cc3ccccc3)cc2)c2ccc(OC(=O)C=C)cc2)cc1. The maximum Gasteiger partial charge on any atom is 0.335 e. The van der Waals surface area contributed by atoms with Crippen LogP contribution in [0.5, 0.6) is 5.75 Å². The highest BCUT2D eigenvalue weighted by Crippen LogP contribution is 2.35. The third-order valence-electron chi connectivity index (χ3n) is 5.72. The Bertz CT molecular complexity index is 1340. The molecule has 0 heterocycles. The summed E-state index contributed by atoms with van der Waals surface area (Å²) in [7, 11) is 0. The third kappa shape index (κ3) is 7.09. The number of ether oxygens (including phenoxy) is 2. The molecule has 0 saturated carbocycles. The maximum atomic E-state index is 11.6. The average molecular weight is 488 g/mol. The van der Waals surface area contributed by atoms with E-state index >= 15 is 0 Å². The number of carbonyl (C=O) groups excluding carboxylic acids is 1. The van der Waals surface area contributed by atoms with Gasteiger partial charge in [0.25, 0.3) is 0 Å². The maximum absolute atomic E-state index is 11.6. The molecule has 184 valence electrons. The second-order valence-corrected chi connectivity index (χ2v) is 8.24. The molecule has 0 amide bonds. The van der Waals surface area contributed by atoms with Crippen LogP contribution in [-0.2, 0) is 16.0 Å². The van der Waals surface area contributed by atoms with Gasteiger partial charge in [0.1, 0.15) is 5.75 Å². The van der Waals surface area contributed by atoms with Crippen LogP contribution in [-0.4, -0.2) is 12.6 Å². The summed E-state index contributed by atoms with van der Waals surface area (Å²) in [6.45, 7) is 7.63. The van der Waals surface area contributed by atoms with Gasteiger partial charge in [0.05, 0.1) is 12.9 Å². The van der Waals surface area contributed by atoms with Gasteiger partial charge in [-0.05, 0) is 65.2 Å². The standard InChI is InChI=1S/C33H29NO3/c1-3-33(35)37-32-22-20-31(21-23-32)34(30-18-14-28(15-19-30)24-25-36-4-2)29-16-12-27(13-17-29)11-10-26-8-6-5-7-9-26/h3-23H,1-2,24-25H2. The highest BCUT2D eigenvalue weighted by atomic mass is 16.5. The fourth-order valence-electron chi connectivity index (χ4n) is 3.83. The van der Waals surface area contributed by atoms with E-state index in [1.165, 1.54) is 11.8 Å². The van der Waals surface area contributed by atoms with E-state index in [1.54, 1.807) is 12.1 Å². The molecule has 0 aliphatic rings. The number of hydrogen-bond donors (Lipinski definition) is 0. The fourth-order valence-corrected chi connectivity index (χ4v) is 3.83. The van der Waals surface area contributed by atoms with Crippen LogP contribution in [0.2, 0.25) is 0 Å². The van der Waals surface area contributed by atoms with Crippen LogP contribution >= 0.6 is 0 Å². The number of nitrogens with zero attached hydrogens (tertiary/aromatic N) is 1. The summed E-state index contributed by atoms with van der Waals surface area (Å²) < 4.78 is 10.5. The Hall–Kier alpha value is -4.83. The lowest BCUT2D eigenvalue weighted by atomic mass is 10.1. The van der Waals surface area contributed by atoms with E-state index in [4.69, 9.17) is 9.47 Å². The van der Waals surface area contributed by atoms with E-state index in [0.717, 1.165) is 40.7 Å². The lowest BCUT2D eigenvalue weighted by Gasteiger charge is -2.26. The van der Waals surface area contributed by atoms with Gasteiger partial charge in [-0.2, -0.15) is 0 Å². The van der Waals surface area contributed by atoms with Crippen LogP contribution in [0.25, 0.3) is 12.2 Å². The Morgan fingerprint density at radius 2 is 1.24 bits per heavy atom. The molecule has 0 radical (unpaired) electrons. The van der Waals surface area contributed by atoms with E-state index in [9.17, 15) is 4.79 Å². The molecule has 4 nitrogen and oxygen atoms in total. The van der Waals surface area contributed by atoms with Gasteiger partial charge in [0.15, 0.2) is 0 Å². The number of benzene rings is 4. The van der Waals surface area contributed by atoms with Crippen LogP contribution in [0.1, 0.15) is 16.7 Å². The first-order valence-electron chi connectivity index (χ1n) is 12.1. The Morgan fingerprint density at radius 3 is 1.81 bits per heavy atom. The van der Waals surface area contributed by atoms with E-state index in [0.29, 0.717) is 12.4 Å². The van der Waals surface area contributed by atoms with Crippen LogP contribution in [0.4, 0.5) is 17.1 Å². The number of anilines is 3. The molecule has 0 saturated heterocycles. The summed E-state index contributed by atoms with van der Waals surface area (Å²) in [6, 6.07) is 34.4. The zero-order valence-electron chi connectivity index (χ0n) is 20.6. The molecule has 0 bridgehead atoms. The van der Waals surface area contributed by atoms with Gasteiger partial charge < -0.3 is 14.4 Å². The predicted molar refractivity (Wildman–Crippen MR) is 152 cm³/mol. The lowest BCUT2D eigenvalue weighted by molar-refractivity contribution is -0.128. The molecule has 4 aromatic rings. The van der Waals surface area contributed by atoms with Crippen molar-refractivity contribution in [1.29, 1.82) is 0 Å². The van der Waals surface area contributed by atoms with Crippen molar-refractivity contribution in [3.63, 3.8) is 0 Å². The van der Waals surface area contributed by atoms with E-state index < -0.39 is 5.97 Å². The zero-order valence-corrected chi connectivity index (χ0v) is 20.6. The molecule has 0 N–H and O–H groups in total. The zero-order chi connectivity index (χ0) is 25.9. The Balaban J connectivity index is 1.61. The van der Waals surface area contributed by atoms with Gasteiger partial charge in [-0.1, -0.05) is 79.9 Å². The van der Waals surface area contributed by atoms with Crippen molar-refractivity contribution in [2.24, 2.45) is 0 Å². The summed E-state index contributed by atoms with van der Waals surface area (Å²) in [5.74, 6) is -0.0210. The Labute approximate surface area is 218 Å². The van der Waals surface area contributed by atoms with E-state index in [-0.39, 0.29) is 0 Å². The molecule has 4 heteroatoms. The van der Waals surface area contributed by atoms with Crippen molar-refractivity contribution in [1.82, 2.24) is 0 Å². The number of esters is 1. The molecule has 0 aliphatic carbocycles. The smallest absolute Gasteiger partial charge is 0.335 e. The van der Waals surface area contributed by atoms with Crippen LogP contribution in [0.15, 0.2) is 129 Å². The van der Waals surface area contributed by atoms with Crippen molar-refractivity contribution in [3.8, 4) is 5.75 Å². The van der Waals surface area contributed by atoms with Gasteiger partial charge in [0, 0.05) is 29.6 Å². The molecule has 0 aromatic heterocycles. The van der Waals surface area contributed by atoms with Crippen molar-refractivity contribution in [2.75, 3.05) is 11.5 Å². The largest absolute Gasteiger partial charge is 0.501 e. The number of hydrogen-bond acceptors (Lipinski definition) is 4. The topological polar surface area (TPSA) is 38.8 Å². The van der Waals surface area contributed by atoms with Gasteiger partial charge in [-0.3, -0.25) is 0 Å². The molecule has 4 rings (SSSR count). The van der Waals surface area contributed by atoms with Crippen molar-refractivity contribution in [2.45, 2.75) is 6.42 Å². The second-order valence-electron chi connectivity index (χ2n) is 8.24. The highest BCUT2D eigenvalue weighted by molar-refractivity contribution is 5.84. The summed E-state index contributed by atoms with van der Waals surface area (Å²) in [6.07, 6.45) is 7.62. The second kappa shape index (κ2) is 12.8. The molecular formula is C33H29NO3. The third-order valence-corrected chi connectivity index (χ3v) is 5.72. The molecule has 0 fully saturated rings. The summed E-state index contributed by atoms with van der Waals surface area (Å²) in [5, 5.41) is 0. The molecule has 0 aliphatic heterocycles. The molecule has 0 atom stereocenters. The number of rotatable bonds is 11. The fraction of sp³-hybridized carbons (Fsp3) is 0.0606. The average Bonchev–Trinajstić information content (AvgIpc) is 2.95. The summed E-state index contributed by atoms with van der Waals surface area (Å²) in [4.78, 5) is 13.7. The van der Waals surface area contributed by atoms with Gasteiger partial charge in [-0.25, -0.2) is 4.79 Å². The van der Waals surface area contributed by atoms with Crippen molar-refractivity contribution < 1.29 is 14.3 Å². The van der Waals surface area contributed by atoms with Crippen molar-refractivity contribution in [3.05, 3.63) is 145 Å². The van der Waals surface area contributed by atoms with E-state index in [1.807, 2.05) is 30.3 Å². The summed E-state index contributed by atoms with van der Waals surface area (Å²) >= 11 is 0. The summed E-state index contributed by atoms with van der Waals surface area (Å²) in [5.41, 5.74) is 6.40. The predicted octanol–water partition coefficient (Wildman–Crippen LogP) is 8.12. The van der Waals surface area contributed by atoms with Crippen LogP contribution in [0.3, 0.4) is 0 Å². The lowest BCUT2D eigenvalue weighted by Crippen LogP contribution is -2.10. The minimum absolute atomic E-state index is 0.465. The molecule has 37 heavy (non-hydrogen) atoms. The monoisotopic (exact) mass is 487 g/mol. The Morgan fingerprint density at radius 1 is 0.703 bits per heavy atom. The molecule has 4 aromatic carbocycles.